The van der Waals surface area contributed by atoms with Crippen molar-refractivity contribution >= 4 is 43.6 Å². The normalized spacial score (nSPS) is 13.4. The lowest BCUT2D eigenvalue weighted by atomic mass is 9.66. The van der Waals surface area contributed by atoms with Gasteiger partial charge in [-0.3, -0.25) is 0 Å². The fourth-order valence-electron chi connectivity index (χ4n) is 10.5. The third-order valence-electron chi connectivity index (χ3n) is 12.8. The summed E-state index contributed by atoms with van der Waals surface area (Å²) < 4.78 is 11.6. The number of nitrogens with zero attached hydrogens (tertiary/aromatic N) is 2. The van der Waals surface area contributed by atoms with Gasteiger partial charge in [-0.15, -0.1) is 0 Å². The molecule has 270 valence electrons. The van der Waals surface area contributed by atoms with Gasteiger partial charge >= 0.3 is 0 Å². The van der Waals surface area contributed by atoms with Crippen LogP contribution in [-0.4, -0.2) is 9.13 Å². The Labute approximate surface area is 335 Å². The molecule has 0 N–H and O–H groups in total. The van der Waals surface area contributed by atoms with Crippen LogP contribution in [0.4, 0.5) is 0 Å². The van der Waals surface area contributed by atoms with E-state index in [4.69, 9.17) is 4.74 Å². The molecule has 0 unspecified atom stereocenters. The first-order chi connectivity index (χ1) is 28.8. The predicted octanol–water partition coefficient (Wildman–Crippen LogP) is 14.0. The van der Waals surface area contributed by atoms with E-state index in [0.717, 1.165) is 22.9 Å². The summed E-state index contributed by atoms with van der Waals surface area (Å²) in [5, 5.41) is 4.93. The van der Waals surface area contributed by atoms with Gasteiger partial charge in [-0.25, -0.2) is 0 Å². The molecular weight excluding hydrogens is 705 g/mol. The molecule has 3 heterocycles. The van der Waals surface area contributed by atoms with Crippen LogP contribution in [-0.2, 0) is 5.41 Å². The Hall–Kier alpha value is -7.62. The third kappa shape index (κ3) is 4.07. The molecule has 58 heavy (non-hydrogen) atoms. The summed E-state index contributed by atoms with van der Waals surface area (Å²) in [6.45, 7) is 0. The molecule has 1 aliphatic heterocycles. The molecule has 13 rings (SSSR count). The van der Waals surface area contributed by atoms with Crippen molar-refractivity contribution in [1.82, 2.24) is 9.13 Å². The molecule has 0 atom stereocenters. The van der Waals surface area contributed by atoms with Gasteiger partial charge in [0, 0.05) is 49.6 Å². The molecule has 0 saturated heterocycles. The second-order valence-electron chi connectivity index (χ2n) is 15.6. The molecule has 3 nitrogen and oxygen atoms in total. The minimum atomic E-state index is -0.560. The molecule has 1 spiro atoms. The van der Waals surface area contributed by atoms with Crippen LogP contribution in [0.2, 0.25) is 0 Å². The second-order valence-corrected chi connectivity index (χ2v) is 15.6. The molecule has 0 bridgehead atoms. The van der Waals surface area contributed by atoms with Crippen LogP contribution in [0.1, 0.15) is 22.3 Å². The SMILES string of the molecule is c1ccc(-c2ccc3c(c2)c2ccc4c(c2n3-c2ccc3c(c2)c2ccccc2n3-c2ccccc2)-c2ccccc2C42c3ccccc3Oc3ccccc32)cc1. The summed E-state index contributed by atoms with van der Waals surface area (Å²) in [6.07, 6.45) is 0. The summed E-state index contributed by atoms with van der Waals surface area (Å²) in [6, 6.07) is 75.4. The summed E-state index contributed by atoms with van der Waals surface area (Å²) in [7, 11) is 0. The molecule has 9 aromatic carbocycles. The minimum absolute atomic E-state index is 0.560. The zero-order valence-corrected chi connectivity index (χ0v) is 31.4. The van der Waals surface area contributed by atoms with Gasteiger partial charge in [0.05, 0.1) is 27.5 Å². The Kier molecular flexibility index (Phi) is 6.37. The summed E-state index contributed by atoms with van der Waals surface area (Å²) >= 11 is 0. The topological polar surface area (TPSA) is 19.1 Å². The Morgan fingerprint density at radius 3 is 1.74 bits per heavy atom. The second kappa shape index (κ2) is 11.7. The fraction of sp³-hybridized carbons (Fsp3) is 0.0182. The van der Waals surface area contributed by atoms with Gasteiger partial charge in [0.15, 0.2) is 0 Å². The number of para-hydroxylation sites is 4. The Morgan fingerprint density at radius 2 is 0.948 bits per heavy atom. The Bertz CT molecular complexity index is 3440. The predicted molar refractivity (Wildman–Crippen MR) is 238 cm³/mol. The van der Waals surface area contributed by atoms with Crippen LogP contribution in [0.15, 0.2) is 206 Å². The van der Waals surface area contributed by atoms with Crippen molar-refractivity contribution in [1.29, 1.82) is 0 Å². The monoisotopic (exact) mass is 738 g/mol. The van der Waals surface area contributed by atoms with Crippen LogP contribution in [0, 0.1) is 0 Å². The van der Waals surface area contributed by atoms with E-state index in [2.05, 4.69) is 215 Å². The van der Waals surface area contributed by atoms with Gasteiger partial charge in [0.2, 0.25) is 0 Å². The number of hydrogen-bond acceptors (Lipinski definition) is 1. The first-order valence-corrected chi connectivity index (χ1v) is 20.0. The average Bonchev–Trinajstić information content (AvgIpc) is 3.91. The lowest BCUT2D eigenvalue weighted by Crippen LogP contribution is -2.32. The van der Waals surface area contributed by atoms with Crippen LogP contribution in [0.3, 0.4) is 0 Å². The van der Waals surface area contributed by atoms with Crippen molar-refractivity contribution in [3.05, 3.63) is 229 Å². The van der Waals surface area contributed by atoms with Crippen molar-refractivity contribution in [3.8, 4) is 45.1 Å². The van der Waals surface area contributed by atoms with E-state index < -0.39 is 5.41 Å². The Morgan fingerprint density at radius 1 is 0.345 bits per heavy atom. The van der Waals surface area contributed by atoms with Crippen molar-refractivity contribution < 1.29 is 4.74 Å². The van der Waals surface area contributed by atoms with Gasteiger partial charge in [-0.1, -0.05) is 146 Å². The standard InChI is InChI=1S/C55H34N2O/c1-3-15-35(16-4-1)36-27-31-50-42(33-36)40-29-30-47-53(41-20-7-9-21-44(41)55(47)45-22-10-13-25-51(45)58-52-26-14-11-23-46(52)55)54(40)57(50)38-28-32-49-43(34-38)39-19-8-12-24-48(39)56(49)37-17-5-2-6-18-37/h1-34H. The Balaban J connectivity index is 1.18. The number of ether oxygens (including phenoxy) is 1. The highest BCUT2D eigenvalue weighted by Gasteiger charge is 2.51. The maximum absolute atomic E-state index is 6.68. The molecule has 1 aliphatic carbocycles. The molecule has 2 aromatic heterocycles. The summed E-state index contributed by atoms with van der Waals surface area (Å²) in [4.78, 5) is 0. The maximum Gasteiger partial charge on any atom is 0.132 e. The molecule has 2 aliphatic rings. The first-order valence-electron chi connectivity index (χ1n) is 20.0. The highest BCUT2D eigenvalue weighted by atomic mass is 16.5. The molecule has 0 saturated carbocycles. The van der Waals surface area contributed by atoms with E-state index in [1.165, 1.54) is 88.1 Å². The van der Waals surface area contributed by atoms with Crippen LogP contribution >= 0.6 is 0 Å². The van der Waals surface area contributed by atoms with E-state index >= 15 is 0 Å². The zero-order valence-electron chi connectivity index (χ0n) is 31.4. The average molecular weight is 739 g/mol. The fourth-order valence-corrected chi connectivity index (χ4v) is 10.5. The van der Waals surface area contributed by atoms with Crippen LogP contribution in [0.5, 0.6) is 11.5 Å². The van der Waals surface area contributed by atoms with Crippen molar-refractivity contribution in [3.63, 3.8) is 0 Å². The van der Waals surface area contributed by atoms with Crippen LogP contribution in [0.25, 0.3) is 77.2 Å². The maximum atomic E-state index is 6.68. The van der Waals surface area contributed by atoms with Gasteiger partial charge in [0.1, 0.15) is 11.5 Å². The molecule has 0 fully saturated rings. The molecule has 0 radical (unpaired) electrons. The molecule has 11 aromatic rings. The van der Waals surface area contributed by atoms with Gasteiger partial charge in [-0.05, 0) is 88.5 Å². The van der Waals surface area contributed by atoms with Gasteiger partial charge in [0.25, 0.3) is 0 Å². The van der Waals surface area contributed by atoms with Crippen LogP contribution < -0.4 is 4.74 Å². The zero-order chi connectivity index (χ0) is 38.0. The summed E-state index contributed by atoms with van der Waals surface area (Å²) in [5.41, 5.74) is 16.3. The van der Waals surface area contributed by atoms with E-state index in [1.54, 1.807) is 0 Å². The number of aromatic nitrogens is 2. The van der Waals surface area contributed by atoms with E-state index in [9.17, 15) is 0 Å². The quantitative estimate of drug-likeness (QED) is 0.177. The number of fused-ring (bicyclic) bond motifs is 16. The van der Waals surface area contributed by atoms with Crippen molar-refractivity contribution in [2.45, 2.75) is 5.41 Å². The van der Waals surface area contributed by atoms with Gasteiger partial charge in [-0.2, -0.15) is 0 Å². The summed E-state index contributed by atoms with van der Waals surface area (Å²) in [5.74, 6) is 1.80. The van der Waals surface area contributed by atoms with E-state index in [1.807, 2.05) is 0 Å². The van der Waals surface area contributed by atoms with E-state index in [-0.39, 0.29) is 0 Å². The van der Waals surface area contributed by atoms with Crippen molar-refractivity contribution in [2.24, 2.45) is 0 Å². The third-order valence-corrected chi connectivity index (χ3v) is 12.8. The minimum Gasteiger partial charge on any atom is -0.457 e. The highest BCUT2D eigenvalue weighted by molar-refractivity contribution is 6.18. The molecular formula is C55H34N2O. The largest absolute Gasteiger partial charge is 0.457 e. The molecule has 0 amide bonds. The molecule has 3 heteroatoms. The number of benzene rings is 9. The lowest BCUT2D eigenvalue weighted by Gasteiger charge is -2.39. The lowest BCUT2D eigenvalue weighted by molar-refractivity contribution is 0.436. The smallest absolute Gasteiger partial charge is 0.132 e. The number of rotatable bonds is 3. The first kappa shape index (κ1) is 31.6. The van der Waals surface area contributed by atoms with Crippen molar-refractivity contribution in [2.75, 3.05) is 0 Å². The van der Waals surface area contributed by atoms with E-state index in [0.29, 0.717) is 0 Å². The highest BCUT2D eigenvalue weighted by Crippen LogP contribution is 2.63. The van der Waals surface area contributed by atoms with Gasteiger partial charge < -0.3 is 13.9 Å². The number of hydrogen-bond donors (Lipinski definition) is 0.